The average Bonchev–Trinajstić information content (AvgIpc) is 2.64. The molecule has 1 aromatic rings. The van der Waals surface area contributed by atoms with Crippen LogP contribution in [0, 0.1) is 17.8 Å². The molecule has 4 atom stereocenters. The van der Waals surface area contributed by atoms with Crippen LogP contribution in [0.4, 0.5) is 11.8 Å². The molecule has 4 heterocycles. The van der Waals surface area contributed by atoms with Crippen molar-refractivity contribution in [1.29, 1.82) is 0 Å². The molecule has 2 bridgehead atoms. The number of hydrogen-bond acceptors (Lipinski definition) is 5. The van der Waals surface area contributed by atoms with Gasteiger partial charge in [-0.25, -0.2) is 4.98 Å². The molecule has 3 saturated heterocycles. The highest BCUT2D eigenvalue weighted by molar-refractivity contribution is 5.67. The Bertz CT molecular complexity index is 725. The lowest BCUT2D eigenvalue weighted by Crippen LogP contribution is -2.56. The Morgan fingerprint density at radius 2 is 1.96 bits per heavy atom. The maximum absolute atomic E-state index is 11.1. The van der Waals surface area contributed by atoms with Crippen molar-refractivity contribution in [2.24, 2.45) is 17.8 Å². The van der Waals surface area contributed by atoms with E-state index in [4.69, 9.17) is 15.1 Å². The number of carboxylic acid groups (broad SMARTS) is 1. The minimum absolute atomic E-state index is 0.335. The van der Waals surface area contributed by atoms with Crippen molar-refractivity contribution in [3.63, 3.8) is 0 Å². The molecule has 0 radical (unpaired) electrons. The number of carboxylic acids is 1. The Balaban J connectivity index is 1.43. The summed E-state index contributed by atoms with van der Waals surface area (Å²) >= 11 is 0. The fourth-order valence-electron chi connectivity index (χ4n) is 5.46. The standard InChI is InChI=1S/C20H28N4O2/c1-12-6-7-24(12)20-21-17-5-3-2-4-15(17)19(22-20)23-10-13-8-14(11-23)16(13)9-18(25)26/h12-14,16H,2-11H2,1H3,(H,25,26)/t12-,13-,14+,16-/m0/s1. The van der Waals surface area contributed by atoms with Crippen molar-refractivity contribution >= 4 is 17.7 Å². The predicted octanol–water partition coefficient (Wildman–Crippen LogP) is 2.50. The summed E-state index contributed by atoms with van der Waals surface area (Å²) in [6, 6.07) is 0.541. The van der Waals surface area contributed by atoms with Crippen LogP contribution in [0.3, 0.4) is 0 Å². The fourth-order valence-corrected chi connectivity index (χ4v) is 5.46. The summed E-state index contributed by atoms with van der Waals surface area (Å²) in [4.78, 5) is 25.9. The highest BCUT2D eigenvalue weighted by Crippen LogP contribution is 2.48. The van der Waals surface area contributed by atoms with Crippen LogP contribution in [0.2, 0.25) is 0 Å². The Kier molecular flexibility index (Phi) is 3.83. The van der Waals surface area contributed by atoms with Crippen LogP contribution in [0.25, 0.3) is 0 Å². The lowest BCUT2D eigenvalue weighted by Gasteiger charge is -2.54. The topological polar surface area (TPSA) is 69.6 Å². The van der Waals surface area contributed by atoms with E-state index in [1.807, 2.05) is 0 Å². The molecule has 6 rings (SSSR count). The third-order valence-corrected chi connectivity index (χ3v) is 7.16. The second kappa shape index (κ2) is 6.10. The zero-order valence-electron chi connectivity index (χ0n) is 15.5. The van der Waals surface area contributed by atoms with Crippen molar-refractivity contribution in [3.05, 3.63) is 11.3 Å². The van der Waals surface area contributed by atoms with Gasteiger partial charge in [0.2, 0.25) is 5.95 Å². The van der Waals surface area contributed by atoms with E-state index in [9.17, 15) is 4.79 Å². The number of anilines is 2. The largest absolute Gasteiger partial charge is 0.481 e. The van der Waals surface area contributed by atoms with Crippen molar-refractivity contribution in [2.75, 3.05) is 29.4 Å². The molecular formula is C20H28N4O2. The van der Waals surface area contributed by atoms with Gasteiger partial charge in [0.25, 0.3) is 0 Å². The lowest BCUT2D eigenvalue weighted by molar-refractivity contribution is -0.141. The van der Waals surface area contributed by atoms with E-state index in [1.165, 1.54) is 36.9 Å². The van der Waals surface area contributed by atoms with Gasteiger partial charge in [-0.15, -0.1) is 0 Å². The van der Waals surface area contributed by atoms with E-state index in [0.29, 0.717) is 30.2 Å². The predicted molar refractivity (Wildman–Crippen MR) is 99.7 cm³/mol. The number of aromatic nitrogens is 2. The summed E-state index contributed by atoms with van der Waals surface area (Å²) in [7, 11) is 0. The Hall–Kier alpha value is -1.85. The maximum Gasteiger partial charge on any atom is 0.303 e. The molecule has 3 aliphatic heterocycles. The van der Waals surface area contributed by atoms with Gasteiger partial charge in [0.15, 0.2) is 0 Å². The number of hydrogen-bond donors (Lipinski definition) is 1. The van der Waals surface area contributed by atoms with Crippen molar-refractivity contribution in [1.82, 2.24) is 9.97 Å². The van der Waals surface area contributed by atoms with Crippen LogP contribution in [0.15, 0.2) is 0 Å². The molecule has 6 heteroatoms. The molecule has 0 aromatic carbocycles. The van der Waals surface area contributed by atoms with Gasteiger partial charge in [-0.3, -0.25) is 4.79 Å². The SMILES string of the molecule is C[C@H]1CCN1c1nc2c(c(N3C[C@H]4C[C@@H](C3)[C@@H]4CC(=O)O)n1)CCCC2. The second-order valence-electron chi connectivity index (χ2n) is 8.73. The monoisotopic (exact) mass is 356 g/mol. The smallest absolute Gasteiger partial charge is 0.303 e. The van der Waals surface area contributed by atoms with E-state index < -0.39 is 5.97 Å². The molecule has 5 aliphatic rings. The van der Waals surface area contributed by atoms with Crippen LogP contribution in [0.1, 0.15) is 50.3 Å². The van der Waals surface area contributed by atoms with Gasteiger partial charge in [-0.1, -0.05) is 0 Å². The molecule has 26 heavy (non-hydrogen) atoms. The van der Waals surface area contributed by atoms with Crippen LogP contribution in [0.5, 0.6) is 0 Å². The lowest BCUT2D eigenvalue weighted by atomic mass is 9.60. The van der Waals surface area contributed by atoms with E-state index in [2.05, 4.69) is 16.7 Å². The van der Waals surface area contributed by atoms with Gasteiger partial charge in [-0.2, -0.15) is 4.98 Å². The second-order valence-corrected chi connectivity index (χ2v) is 8.73. The quantitative estimate of drug-likeness (QED) is 0.894. The minimum atomic E-state index is -0.647. The van der Waals surface area contributed by atoms with Gasteiger partial charge >= 0.3 is 5.97 Å². The summed E-state index contributed by atoms with van der Waals surface area (Å²) < 4.78 is 0. The fraction of sp³-hybridized carbons (Fsp3) is 0.750. The molecule has 0 unspecified atom stereocenters. The van der Waals surface area contributed by atoms with Crippen LogP contribution < -0.4 is 9.80 Å². The van der Waals surface area contributed by atoms with Crippen molar-refractivity contribution in [2.45, 2.75) is 57.9 Å². The van der Waals surface area contributed by atoms with Crippen molar-refractivity contribution in [3.8, 4) is 0 Å². The molecule has 2 aliphatic carbocycles. The molecule has 1 aromatic heterocycles. The Morgan fingerprint density at radius 1 is 1.19 bits per heavy atom. The van der Waals surface area contributed by atoms with Gasteiger partial charge in [-0.05, 0) is 63.2 Å². The zero-order valence-corrected chi connectivity index (χ0v) is 15.5. The molecule has 6 nitrogen and oxygen atoms in total. The molecule has 1 N–H and O–H groups in total. The Labute approximate surface area is 154 Å². The van der Waals surface area contributed by atoms with Crippen molar-refractivity contribution < 1.29 is 9.90 Å². The number of carbonyl (C=O) groups is 1. The maximum atomic E-state index is 11.1. The van der Waals surface area contributed by atoms with Gasteiger partial charge in [0.05, 0.1) is 5.69 Å². The summed E-state index contributed by atoms with van der Waals surface area (Å²) in [5, 5.41) is 9.16. The van der Waals surface area contributed by atoms with Gasteiger partial charge in [0.1, 0.15) is 5.82 Å². The highest BCUT2D eigenvalue weighted by Gasteiger charge is 2.48. The van der Waals surface area contributed by atoms with E-state index in [0.717, 1.165) is 44.2 Å². The summed E-state index contributed by atoms with van der Waals surface area (Å²) in [5.74, 6) is 2.84. The molecule has 0 amide bonds. The first-order valence-corrected chi connectivity index (χ1v) is 10.2. The number of nitrogens with zero attached hydrogens (tertiary/aromatic N) is 4. The Morgan fingerprint density at radius 3 is 2.62 bits per heavy atom. The molecule has 0 spiro atoms. The first-order chi connectivity index (χ1) is 12.6. The van der Waals surface area contributed by atoms with Crippen LogP contribution in [-0.4, -0.2) is 46.7 Å². The van der Waals surface area contributed by atoms with E-state index >= 15 is 0 Å². The molecule has 4 fully saturated rings. The highest BCUT2D eigenvalue weighted by atomic mass is 16.4. The van der Waals surface area contributed by atoms with Crippen LogP contribution >= 0.6 is 0 Å². The third-order valence-electron chi connectivity index (χ3n) is 7.16. The third kappa shape index (κ3) is 2.57. The van der Waals surface area contributed by atoms with Crippen LogP contribution in [-0.2, 0) is 17.6 Å². The molecule has 1 saturated carbocycles. The summed E-state index contributed by atoms with van der Waals surface area (Å²) in [5.41, 5.74) is 2.63. The minimum Gasteiger partial charge on any atom is -0.481 e. The first kappa shape index (κ1) is 16.3. The van der Waals surface area contributed by atoms with E-state index in [-0.39, 0.29) is 0 Å². The van der Waals surface area contributed by atoms with E-state index in [1.54, 1.807) is 0 Å². The summed E-state index contributed by atoms with van der Waals surface area (Å²) in [6.07, 6.45) is 7.36. The zero-order chi connectivity index (χ0) is 17.8. The number of piperidine rings is 2. The number of aliphatic carboxylic acids is 1. The van der Waals surface area contributed by atoms with Gasteiger partial charge in [0, 0.05) is 37.7 Å². The number of fused-ring (bicyclic) bond motifs is 3. The molecule has 140 valence electrons. The normalized spacial score (nSPS) is 32.5. The molecular weight excluding hydrogens is 328 g/mol. The number of rotatable bonds is 4. The first-order valence-electron chi connectivity index (χ1n) is 10.2. The number of aryl methyl sites for hydroxylation is 1. The van der Waals surface area contributed by atoms with Gasteiger partial charge < -0.3 is 14.9 Å². The summed E-state index contributed by atoms with van der Waals surface area (Å²) in [6.45, 7) is 5.24. The average molecular weight is 356 g/mol.